The number of carbonyl (C=O) groups excluding carboxylic acids is 2. The lowest BCUT2D eigenvalue weighted by Crippen LogP contribution is -2.28. The topological polar surface area (TPSA) is 55.4 Å². The Kier molecular flexibility index (Phi) is 5.91. The zero-order valence-corrected chi connectivity index (χ0v) is 14.6. The van der Waals surface area contributed by atoms with Gasteiger partial charge in [-0.25, -0.2) is 9.18 Å². The highest BCUT2D eigenvalue weighted by Gasteiger charge is 2.15. The molecule has 0 aliphatic heterocycles. The number of hydrogen-bond acceptors (Lipinski definition) is 3. The second-order valence-corrected chi connectivity index (χ2v) is 6.77. The molecule has 0 radical (unpaired) electrons. The van der Waals surface area contributed by atoms with Crippen LogP contribution in [-0.2, 0) is 21.5 Å². The molecule has 2 aromatic rings. The van der Waals surface area contributed by atoms with Gasteiger partial charge in [0.2, 0.25) is 0 Å². The summed E-state index contributed by atoms with van der Waals surface area (Å²) in [5.74, 6) is -1.44. The minimum atomic E-state index is -0.568. The number of carbonyl (C=O) groups is 2. The highest BCUT2D eigenvalue weighted by atomic mass is 19.1. The summed E-state index contributed by atoms with van der Waals surface area (Å²) in [7, 11) is 0. The van der Waals surface area contributed by atoms with Crippen LogP contribution in [0.1, 0.15) is 42.3 Å². The second-order valence-electron chi connectivity index (χ2n) is 6.77. The van der Waals surface area contributed by atoms with Crippen molar-refractivity contribution in [3.63, 3.8) is 0 Å². The highest BCUT2D eigenvalue weighted by molar-refractivity contribution is 5.91. The van der Waals surface area contributed by atoms with Crippen LogP contribution in [0, 0.1) is 5.82 Å². The Bertz CT molecular complexity index is 748. The van der Waals surface area contributed by atoms with Gasteiger partial charge >= 0.3 is 5.97 Å². The number of benzene rings is 2. The summed E-state index contributed by atoms with van der Waals surface area (Å²) in [5.41, 5.74) is 1.86. The first kappa shape index (κ1) is 18.6. The number of esters is 1. The molecular formula is C20H22FNO3. The van der Waals surface area contributed by atoms with E-state index in [0.29, 0.717) is 11.1 Å². The lowest BCUT2D eigenvalue weighted by molar-refractivity contribution is -0.124. The van der Waals surface area contributed by atoms with Crippen molar-refractivity contribution in [2.75, 3.05) is 6.61 Å². The van der Waals surface area contributed by atoms with Crippen LogP contribution in [0.2, 0.25) is 0 Å². The van der Waals surface area contributed by atoms with Crippen LogP contribution in [0.25, 0.3) is 0 Å². The summed E-state index contributed by atoms with van der Waals surface area (Å²) in [6, 6.07) is 13.3. The zero-order chi connectivity index (χ0) is 18.4. The third-order valence-corrected chi connectivity index (χ3v) is 3.75. The number of ether oxygens (including phenoxy) is 1. The molecule has 0 heterocycles. The lowest BCUT2D eigenvalue weighted by atomic mass is 9.87. The maximum atomic E-state index is 13.5. The van der Waals surface area contributed by atoms with Crippen molar-refractivity contribution in [1.29, 1.82) is 0 Å². The summed E-state index contributed by atoms with van der Waals surface area (Å²) in [4.78, 5) is 23.7. The molecule has 0 saturated heterocycles. The molecule has 0 aliphatic rings. The number of nitrogens with one attached hydrogen (secondary N) is 1. The fraction of sp³-hybridized carbons (Fsp3) is 0.300. The van der Waals surface area contributed by atoms with Gasteiger partial charge in [0.25, 0.3) is 5.91 Å². The fourth-order valence-electron chi connectivity index (χ4n) is 2.21. The van der Waals surface area contributed by atoms with Crippen LogP contribution >= 0.6 is 0 Å². The van der Waals surface area contributed by atoms with Gasteiger partial charge in [0.05, 0.1) is 5.56 Å². The molecule has 0 aromatic heterocycles. The molecule has 2 rings (SSSR count). The van der Waals surface area contributed by atoms with E-state index in [2.05, 4.69) is 26.1 Å². The monoisotopic (exact) mass is 343 g/mol. The molecule has 1 N–H and O–H groups in total. The van der Waals surface area contributed by atoms with Crippen LogP contribution in [0.15, 0.2) is 48.5 Å². The van der Waals surface area contributed by atoms with E-state index in [0.717, 1.165) is 5.56 Å². The van der Waals surface area contributed by atoms with Crippen LogP contribution < -0.4 is 5.32 Å². The molecule has 0 saturated carbocycles. The Morgan fingerprint density at radius 2 is 1.68 bits per heavy atom. The number of halogens is 1. The Hall–Kier alpha value is -2.69. The van der Waals surface area contributed by atoms with E-state index in [1.54, 1.807) is 30.3 Å². The molecule has 0 spiro atoms. The third kappa shape index (κ3) is 5.41. The molecule has 132 valence electrons. The lowest BCUT2D eigenvalue weighted by Gasteiger charge is -2.18. The Balaban J connectivity index is 1.83. The third-order valence-electron chi connectivity index (χ3n) is 3.75. The molecule has 2 aromatic carbocycles. The average molecular weight is 343 g/mol. The van der Waals surface area contributed by atoms with E-state index in [9.17, 15) is 14.0 Å². The molecule has 0 bridgehead atoms. The Labute approximate surface area is 147 Å². The van der Waals surface area contributed by atoms with Gasteiger partial charge in [-0.05, 0) is 29.2 Å². The zero-order valence-electron chi connectivity index (χ0n) is 14.6. The molecule has 0 aliphatic carbocycles. The molecule has 5 heteroatoms. The van der Waals surface area contributed by atoms with Crippen LogP contribution in [-0.4, -0.2) is 18.5 Å². The summed E-state index contributed by atoms with van der Waals surface area (Å²) >= 11 is 0. The van der Waals surface area contributed by atoms with Gasteiger partial charge in [-0.15, -0.1) is 0 Å². The fourth-order valence-corrected chi connectivity index (χ4v) is 2.21. The summed E-state index contributed by atoms with van der Waals surface area (Å²) in [6.45, 7) is 5.89. The average Bonchev–Trinajstić information content (AvgIpc) is 2.58. The van der Waals surface area contributed by atoms with Gasteiger partial charge in [-0.2, -0.15) is 0 Å². The molecule has 4 nitrogen and oxygen atoms in total. The SMILES string of the molecule is CC(C)(C)c1ccc(C(=O)OCC(=O)NCc2ccccc2F)cc1. The van der Waals surface area contributed by atoms with Gasteiger partial charge in [0.1, 0.15) is 5.82 Å². The van der Waals surface area contributed by atoms with E-state index in [4.69, 9.17) is 4.74 Å². The van der Waals surface area contributed by atoms with E-state index in [1.807, 2.05) is 12.1 Å². The second kappa shape index (κ2) is 7.92. The van der Waals surface area contributed by atoms with Crippen molar-refractivity contribution in [3.8, 4) is 0 Å². The number of hydrogen-bond donors (Lipinski definition) is 1. The molecule has 0 unspecified atom stereocenters. The van der Waals surface area contributed by atoms with Crippen molar-refractivity contribution >= 4 is 11.9 Å². The minimum Gasteiger partial charge on any atom is -0.452 e. The summed E-state index contributed by atoms with van der Waals surface area (Å²) < 4.78 is 18.4. The van der Waals surface area contributed by atoms with Gasteiger partial charge < -0.3 is 10.1 Å². The first-order valence-corrected chi connectivity index (χ1v) is 8.05. The van der Waals surface area contributed by atoms with E-state index in [-0.39, 0.29) is 12.0 Å². The van der Waals surface area contributed by atoms with Crippen molar-refractivity contribution < 1.29 is 18.7 Å². The molecule has 1 amide bonds. The van der Waals surface area contributed by atoms with Crippen molar-refractivity contribution in [1.82, 2.24) is 5.32 Å². The predicted molar refractivity (Wildman–Crippen MR) is 93.7 cm³/mol. The maximum absolute atomic E-state index is 13.5. The molecule has 0 fully saturated rings. The standard InChI is InChI=1S/C20H22FNO3/c1-20(2,3)16-10-8-14(9-11-16)19(24)25-13-18(23)22-12-15-6-4-5-7-17(15)21/h4-11H,12-13H2,1-3H3,(H,22,23). The molecular weight excluding hydrogens is 321 g/mol. The number of rotatable bonds is 5. The normalized spacial score (nSPS) is 11.0. The van der Waals surface area contributed by atoms with E-state index < -0.39 is 24.3 Å². The van der Waals surface area contributed by atoms with Gasteiger partial charge in [-0.3, -0.25) is 4.79 Å². The first-order valence-electron chi connectivity index (χ1n) is 8.05. The molecule has 0 atom stereocenters. The van der Waals surface area contributed by atoms with E-state index in [1.165, 1.54) is 6.07 Å². The smallest absolute Gasteiger partial charge is 0.338 e. The van der Waals surface area contributed by atoms with Crippen LogP contribution in [0.3, 0.4) is 0 Å². The van der Waals surface area contributed by atoms with Crippen LogP contribution in [0.5, 0.6) is 0 Å². The van der Waals surface area contributed by atoms with Crippen molar-refractivity contribution in [2.45, 2.75) is 32.7 Å². The Morgan fingerprint density at radius 1 is 1.04 bits per heavy atom. The number of amides is 1. The Morgan fingerprint density at radius 3 is 2.28 bits per heavy atom. The van der Waals surface area contributed by atoms with Crippen LogP contribution in [0.4, 0.5) is 4.39 Å². The van der Waals surface area contributed by atoms with Crippen molar-refractivity contribution in [3.05, 3.63) is 71.0 Å². The predicted octanol–water partition coefficient (Wildman–Crippen LogP) is 3.60. The largest absolute Gasteiger partial charge is 0.452 e. The van der Waals surface area contributed by atoms with E-state index >= 15 is 0 Å². The summed E-state index contributed by atoms with van der Waals surface area (Å²) in [6.07, 6.45) is 0. The highest BCUT2D eigenvalue weighted by Crippen LogP contribution is 2.22. The quantitative estimate of drug-likeness (QED) is 0.844. The maximum Gasteiger partial charge on any atom is 0.338 e. The van der Waals surface area contributed by atoms with Crippen molar-refractivity contribution in [2.24, 2.45) is 0 Å². The van der Waals surface area contributed by atoms with Gasteiger partial charge in [-0.1, -0.05) is 51.1 Å². The minimum absolute atomic E-state index is 0.00493. The van der Waals surface area contributed by atoms with Gasteiger partial charge in [0, 0.05) is 12.1 Å². The first-order chi connectivity index (χ1) is 11.8. The summed E-state index contributed by atoms with van der Waals surface area (Å²) in [5, 5.41) is 2.52. The molecule has 25 heavy (non-hydrogen) atoms. The van der Waals surface area contributed by atoms with Gasteiger partial charge in [0.15, 0.2) is 6.61 Å².